The number of carboxylic acid groups (broad SMARTS) is 1. The molecule has 0 bridgehead atoms. The number of hydrogen-bond acceptors (Lipinski definition) is 3. The van der Waals surface area contributed by atoms with Crippen molar-refractivity contribution in [1.29, 1.82) is 0 Å². The molecule has 5 nitrogen and oxygen atoms in total. The van der Waals surface area contributed by atoms with E-state index in [0.717, 1.165) is 35.4 Å². The topological polar surface area (TPSA) is 72.2 Å². The Morgan fingerprint density at radius 2 is 1.89 bits per heavy atom. The summed E-state index contributed by atoms with van der Waals surface area (Å²) >= 11 is 0. The Kier molecular flexibility index (Phi) is 3.87. The van der Waals surface area contributed by atoms with Crippen molar-refractivity contribution in [3.05, 3.63) is 63.0 Å². The molecule has 0 aliphatic heterocycles. The number of aromatic nitrogens is 2. The molecule has 1 aromatic carbocycles. The fourth-order valence-electron chi connectivity index (χ4n) is 3.56. The molecule has 0 unspecified atom stereocenters. The molecule has 4 rings (SSSR count). The number of carboxylic acids is 1. The molecule has 1 aliphatic carbocycles. The summed E-state index contributed by atoms with van der Waals surface area (Å²) in [7, 11) is 0. The molecule has 1 aliphatic rings. The van der Waals surface area contributed by atoms with E-state index in [1.54, 1.807) is 10.6 Å². The smallest absolute Gasteiger partial charge is 0.341 e. The van der Waals surface area contributed by atoms with Gasteiger partial charge in [0.15, 0.2) is 0 Å². The number of carbonyl (C=O) groups is 1. The minimum absolute atomic E-state index is 0.100. The third-order valence-corrected chi connectivity index (χ3v) is 5.23. The van der Waals surface area contributed by atoms with Crippen molar-refractivity contribution in [2.45, 2.75) is 39.7 Å². The van der Waals surface area contributed by atoms with E-state index in [2.05, 4.69) is 4.98 Å². The first-order chi connectivity index (χ1) is 12.8. The van der Waals surface area contributed by atoms with Gasteiger partial charge in [0, 0.05) is 34.6 Å². The largest absolute Gasteiger partial charge is 0.477 e. The molecule has 6 heteroatoms. The van der Waals surface area contributed by atoms with E-state index in [4.69, 9.17) is 0 Å². The van der Waals surface area contributed by atoms with E-state index >= 15 is 0 Å². The highest BCUT2D eigenvalue weighted by atomic mass is 19.1. The van der Waals surface area contributed by atoms with Crippen LogP contribution in [0.1, 0.15) is 46.2 Å². The van der Waals surface area contributed by atoms with Crippen LogP contribution in [-0.4, -0.2) is 20.6 Å². The SMILES string of the molecule is Cc1cc(-c2cc3c(cc2F)c(=O)c(C(=O)O)cn3C2CC2)c(C)c(C)n1. The summed E-state index contributed by atoms with van der Waals surface area (Å²) in [5.41, 5.74) is 3.20. The fourth-order valence-corrected chi connectivity index (χ4v) is 3.56. The first kappa shape index (κ1) is 17.4. The number of aryl methyl sites for hydroxylation is 2. The van der Waals surface area contributed by atoms with E-state index in [1.165, 1.54) is 12.3 Å². The quantitative estimate of drug-likeness (QED) is 0.755. The maximum atomic E-state index is 15.0. The van der Waals surface area contributed by atoms with Gasteiger partial charge in [0.1, 0.15) is 11.4 Å². The van der Waals surface area contributed by atoms with Gasteiger partial charge in [0.25, 0.3) is 0 Å². The number of aromatic carboxylic acids is 1. The van der Waals surface area contributed by atoms with Crippen LogP contribution in [0.3, 0.4) is 0 Å². The average molecular weight is 366 g/mol. The molecule has 0 amide bonds. The van der Waals surface area contributed by atoms with Crippen LogP contribution in [0.2, 0.25) is 0 Å². The predicted octanol–water partition coefficient (Wildman–Crippen LogP) is 4.16. The zero-order valence-electron chi connectivity index (χ0n) is 15.3. The molecular weight excluding hydrogens is 347 g/mol. The van der Waals surface area contributed by atoms with Gasteiger partial charge in [0.05, 0.1) is 5.52 Å². The van der Waals surface area contributed by atoms with Crippen molar-refractivity contribution in [2.24, 2.45) is 0 Å². The second-order valence-electron chi connectivity index (χ2n) is 7.19. The average Bonchev–Trinajstić information content (AvgIpc) is 3.43. The van der Waals surface area contributed by atoms with Gasteiger partial charge < -0.3 is 9.67 Å². The van der Waals surface area contributed by atoms with Crippen LogP contribution in [0.5, 0.6) is 0 Å². The van der Waals surface area contributed by atoms with E-state index in [9.17, 15) is 19.1 Å². The minimum Gasteiger partial charge on any atom is -0.477 e. The van der Waals surface area contributed by atoms with Gasteiger partial charge in [0.2, 0.25) is 5.43 Å². The molecule has 3 aromatic rings. The summed E-state index contributed by atoms with van der Waals surface area (Å²) in [6.07, 6.45) is 3.22. The summed E-state index contributed by atoms with van der Waals surface area (Å²) in [4.78, 5) is 28.4. The zero-order chi connectivity index (χ0) is 19.5. The third kappa shape index (κ3) is 2.81. The number of nitrogens with zero attached hydrogens (tertiary/aromatic N) is 2. The summed E-state index contributed by atoms with van der Waals surface area (Å²) in [5.74, 6) is -1.84. The Morgan fingerprint density at radius 1 is 1.19 bits per heavy atom. The van der Waals surface area contributed by atoms with Crippen LogP contribution >= 0.6 is 0 Å². The van der Waals surface area contributed by atoms with E-state index in [1.807, 2.05) is 26.8 Å². The van der Waals surface area contributed by atoms with Crippen molar-refractivity contribution in [2.75, 3.05) is 0 Å². The van der Waals surface area contributed by atoms with Crippen LogP contribution in [0.25, 0.3) is 22.0 Å². The van der Waals surface area contributed by atoms with Crippen molar-refractivity contribution in [3.63, 3.8) is 0 Å². The van der Waals surface area contributed by atoms with Gasteiger partial charge in [-0.15, -0.1) is 0 Å². The lowest BCUT2D eigenvalue weighted by molar-refractivity contribution is 0.0695. The van der Waals surface area contributed by atoms with Crippen molar-refractivity contribution in [3.8, 4) is 11.1 Å². The first-order valence-corrected chi connectivity index (χ1v) is 8.85. The van der Waals surface area contributed by atoms with Gasteiger partial charge in [-0.05, 0) is 62.9 Å². The van der Waals surface area contributed by atoms with Crippen molar-refractivity contribution in [1.82, 2.24) is 9.55 Å². The first-order valence-electron chi connectivity index (χ1n) is 8.85. The molecule has 1 fully saturated rings. The van der Waals surface area contributed by atoms with E-state index in [-0.39, 0.29) is 17.0 Å². The van der Waals surface area contributed by atoms with Gasteiger partial charge >= 0.3 is 5.97 Å². The summed E-state index contributed by atoms with van der Waals surface area (Å²) in [6, 6.07) is 4.81. The predicted molar refractivity (Wildman–Crippen MR) is 101 cm³/mol. The highest BCUT2D eigenvalue weighted by molar-refractivity contribution is 5.94. The number of hydrogen-bond donors (Lipinski definition) is 1. The van der Waals surface area contributed by atoms with Crippen LogP contribution < -0.4 is 5.43 Å². The minimum atomic E-state index is -1.29. The molecule has 2 aromatic heterocycles. The number of benzene rings is 1. The second kappa shape index (κ2) is 6.01. The molecule has 1 N–H and O–H groups in total. The standard InChI is InChI=1S/C21H19FN2O3/c1-10-6-14(11(2)12(3)23-10)15-8-19-16(7-18(15)22)20(25)17(21(26)27)9-24(19)13-4-5-13/h6-9,13H,4-5H2,1-3H3,(H,26,27). The fraction of sp³-hybridized carbons (Fsp3) is 0.286. The highest BCUT2D eigenvalue weighted by Crippen LogP contribution is 2.38. The number of pyridine rings is 2. The molecule has 0 saturated heterocycles. The normalized spacial score (nSPS) is 13.9. The van der Waals surface area contributed by atoms with Crippen LogP contribution in [-0.2, 0) is 0 Å². The van der Waals surface area contributed by atoms with Crippen molar-refractivity contribution < 1.29 is 14.3 Å². The molecule has 0 spiro atoms. The Morgan fingerprint density at radius 3 is 2.52 bits per heavy atom. The Labute approximate surface area is 155 Å². The Bertz CT molecular complexity index is 1180. The molecule has 1 saturated carbocycles. The van der Waals surface area contributed by atoms with E-state index in [0.29, 0.717) is 11.1 Å². The molecule has 0 atom stereocenters. The van der Waals surface area contributed by atoms with Gasteiger partial charge in [-0.3, -0.25) is 9.78 Å². The Hall–Kier alpha value is -3.02. The van der Waals surface area contributed by atoms with Gasteiger partial charge in [-0.25, -0.2) is 9.18 Å². The molecule has 138 valence electrons. The Balaban J connectivity index is 2.08. The lowest BCUT2D eigenvalue weighted by Gasteiger charge is -2.15. The van der Waals surface area contributed by atoms with Crippen molar-refractivity contribution >= 4 is 16.9 Å². The number of fused-ring (bicyclic) bond motifs is 1. The molecule has 0 radical (unpaired) electrons. The number of rotatable bonds is 3. The van der Waals surface area contributed by atoms with Crippen LogP contribution in [0.4, 0.5) is 4.39 Å². The molecule has 27 heavy (non-hydrogen) atoms. The summed E-state index contributed by atoms with van der Waals surface area (Å²) in [6.45, 7) is 5.63. The molecule has 2 heterocycles. The third-order valence-electron chi connectivity index (χ3n) is 5.23. The van der Waals surface area contributed by atoms with Gasteiger partial charge in [-0.1, -0.05) is 0 Å². The maximum Gasteiger partial charge on any atom is 0.341 e. The van der Waals surface area contributed by atoms with Gasteiger partial charge in [-0.2, -0.15) is 0 Å². The molecular formula is C21H19FN2O3. The zero-order valence-corrected chi connectivity index (χ0v) is 15.3. The maximum absolute atomic E-state index is 15.0. The monoisotopic (exact) mass is 366 g/mol. The lowest BCUT2D eigenvalue weighted by atomic mass is 9.97. The summed E-state index contributed by atoms with van der Waals surface area (Å²) in [5, 5.41) is 9.44. The second-order valence-corrected chi connectivity index (χ2v) is 7.19. The van der Waals surface area contributed by atoms with E-state index < -0.39 is 17.2 Å². The highest BCUT2D eigenvalue weighted by Gasteiger charge is 2.27. The number of halogens is 1. The summed E-state index contributed by atoms with van der Waals surface area (Å²) < 4.78 is 16.8. The van der Waals surface area contributed by atoms with Crippen LogP contribution in [0, 0.1) is 26.6 Å². The lowest BCUT2D eigenvalue weighted by Crippen LogP contribution is -2.19. The van der Waals surface area contributed by atoms with Crippen LogP contribution in [0.15, 0.2) is 29.2 Å².